The third kappa shape index (κ3) is 4.74. The van der Waals surface area contributed by atoms with Gasteiger partial charge in [-0.15, -0.1) is 11.3 Å². The summed E-state index contributed by atoms with van der Waals surface area (Å²) >= 11 is 5.19. The smallest absolute Gasteiger partial charge is 0.223 e. The second kappa shape index (κ2) is 8.82. The number of nitrogens with one attached hydrogen (secondary N) is 1. The standard InChI is InChI=1S/C20H23BrN2O2S/c1-2-17(14-3-5-16(21)6-4-14)22-19(24)7-8-20(25)23-11-9-18-15(13-23)10-12-26-18/h3-6,10,12,17H,2,7-9,11,13H2,1H3,(H,22,24). The molecule has 138 valence electrons. The van der Waals surface area contributed by atoms with Crippen molar-refractivity contribution in [1.82, 2.24) is 10.2 Å². The highest BCUT2D eigenvalue weighted by atomic mass is 79.9. The summed E-state index contributed by atoms with van der Waals surface area (Å²) < 4.78 is 1.02. The van der Waals surface area contributed by atoms with Crippen LogP contribution in [-0.2, 0) is 22.6 Å². The highest BCUT2D eigenvalue weighted by Gasteiger charge is 2.22. The highest BCUT2D eigenvalue weighted by Crippen LogP contribution is 2.24. The molecule has 1 aromatic heterocycles. The minimum absolute atomic E-state index is 0.0194. The van der Waals surface area contributed by atoms with Crippen molar-refractivity contribution in [3.05, 3.63) is 56.2 Å². The van der Waals surface area contributed by atoms with Gasteiger partial charge in [-0.2, -0.15) is 0 Å². The maximum atomic E-state index is 12.4. The lowest BCUT2D eigenvalue weighted by Crippen LogP contribution is -2.36. The molecule has 1 aromatic carbocycles. The Balaban J connectivity index is 1.49. The van der Waals surface area contributed by atoms with Crippen molar-refractivity contribution in [2.45, 2.75) is 45.2 Å². The Morgan fingerprint density at radius 2 is 2.00 bits per heavy atom. The molecule has 0 radical (unpaired) electrons. The molecule has 3 rings (SSSR count). The summed E-state index contributed by atoms with van der Waals surface area (Å²) in [6.45, 7) is 3.48. The number of halogens is 1. The Hall–Kier alpha value is -1.66. The van der Waals surface area contributed by atoms with Crippen LogP contribution in [0.4, 0.5) is 0 Å². The Labute approximate surface area is 166 Å². The van der Waals surface area contributed by atoms with Crippen molar-refractivity contribution >= 4 is 39.1 Å². The average Bonchev–Trinajstić information content (AvgIpc) is 3.12. The van der Waals surface area contributed by atoms with Crippen LogP contribution >= 0.6 is 27.3 Å². The van der Waals surface area contributed by atoms with Gasteiger partial charge in [-0.25, -0.2) is 0 Å². The molecule has 0 fully saturated rings. The Kier molecular flexibility index (Phi) is 6.48. The number of nitrogens with zero attached hydrogens (tertiary/aromatic N) is 1. The van der Waals surface area contributed by atoms with Crippen molar-refractivity contribution in [2.75, 3.05) is 6.54 Å². The van der Waals surface area contributed by atoms with Gasteiger partial charge in [-0.3, -0.25) is 9.59 Å². The second-order valence-electron chi connectivity index (χ2n) is 6.51. The van der Waals surface area contributed by atoms with Crippen molar-refractivity contribution in [1.29, 1.82) is 0 Å². The Bertz CT molecular complexity index is 772. The quantitative estimate of drug-likeness (QED) is 0.729. The van der Waals surface area contributed by atoms with Crippen LogP contribution in [0, 0.1) is 0 Å². The normalized spacial score (nSPS) is 14.6. The highest BCUT2D eigenvalue weighted by molar-refractivity contribution is 9.10. The minimum atomic E-state index is -0.0682. The largest absolute Gasteiger partial charge is 0.349 e. The van der Waals surface area contributed by atoms with Gasteiger partial charge in [0, 0.05) is 35.3 Å². The first kappa shape index (κ1) is 19.1. The summed E-state index contributed by atoms with van der Waals surface area (Å²) in [5.74, 6) is -0.00459. The van der Waals surface area contributed by atoms with Gasteiger partial charge in [0.1, 0.15) is 0 Å². The first-order chi connectivity index (χ1) is 12.6. The van der Waals surface area contributed by atoms with Crippen LogP contribution in [0.15, 0.2) is 40.2 Å². The number of carbonyl (C=O) groups is 2. The minimum Gasteiger partial charge on any atom is -0.349 e. The van der Waals surface area contributed by atoms with Gasteiger partial charge in [0.15, 0.2) is 0 Å². The summed E-state index contributed by atoms with van der Waals surface area (Å²) in [5, 5.41) is 5.13. The van der Waals surface area contributed by atoms with Crippen molar-refractivity contribution in [3.8, 4) is 0 Å². The maximum absolute atomic E-state index is 12.4. The van der Waals surface area contributed by atoms with E-state index in [0.717, 1.165) is 29.4 Å². The first-order valence-electron chi connectivity index (χ1n) is 8.94. The molecular weight excluding hydrogens is 412 g/mol. The Morgan fingerprint density at radius 3 is 2.73 bits per heavy atom. The fraction of sp³-hybridized carbons (Fsp3) is 0.400. The first-order valence-corrected chi connectivity index (χ1v) is 10.6. The van der Waals surface area contributed by atoms with Crippen LogP contribution in [-0.4, -0.2) is 23.3 Å². The van der Waals surface area contributed by atoms with Crippen molar-refractivity contribution < 1.29 is 9.59 Å². The summed E-state index contributed by atoms with van der Waals surface area (Å²) in [6, 6.07) is 10.0. The SMILES string of the molecule is CCC(NC(=O)CCC(=O)N1CCc2sccc2C1)c1ccc(Br)cc1. The molecule has 0 saturated heterocycles. The summed E-state index contributed by atoms with van der Waals surface area (Å²) in [7, 11) is 0. The summed E-state index contributed by atoms with van der Waals surface area (Å²) in [6.07, 6.45) is 2.24. The summed E-state index contributed by atoms with van der Waals surface area (Å²) in [5.41, 5.74) is 2.33. The predicted octanol–water partition coefficient (Wildman–Crippen LogP) is 4.44. The molecule has 1 atom stereocenters. The van der Waals surface area contributed by atoms with E-state index in [1.807, 2.05) is 36.1 Å². The molecule has 2 amide bonds. The molecule has 6 heteroatoms. The monoisotopic (exact) mass is 434 g/mol. The van der Waals surface area contributed by atoms with E-state index in [2.05, 4.69) is 32.7 Å². The van der Waals surface area contributed by atoms with Crippen LogP contribution in [0.2, 0.25) is 0 Å². The van der Waals surface area contributed by atoms with E-state index >= 15 is 0 Å². The van der Waals surface area contributed by atoms with Gasteiger partial charge in [-0.05, 0) is 47.5 Å². The zero-order valence-electron chi connectivity index (χ0n) is 14.8. The molecule has 1 aliphatic heterocycles. The third-order valence-corrected chi connectivity index (χ3v) is 6.29. The van der Waals surface area contributed by atoms with E-state index in [1.54, 1.807) is 11.3 Å². The number of thiophene rings is 1. The molecule has 0 aliphatic carbocycles. The molecule has 2 aromatic rings. The van der Waals surface area contributed by atoms with Gasteiger partial charge in [0.25, 0.3) is 0 Å². The van der Waals surface area contributed by atoms with Gasteiger partial charge >= 0.3 is 0 Å². The van der Waals surface area contributed by atoms with Gasteiger partial charge < -0.3 is 10.2 Å². The Morgan fingerprint density at radius 1 is 1.23 bits per heavy atom. The molecule has 0 spiro atoms. The lowest BCUT2D eigenvalue weighted by Gasteiger charge is -2.27. The van der Waals surface area contributed by atoms with E-state index in [0.29, 0.717) is 6.54 Å². The molecule has 0 bridgehead atoms. The number of rotatable bonds is 6. The van der Waals surface area contributed by atoms with Gasteiger partial charge in [-0.1, -0.05) is 35.0 Å². The third-order valence-electron chi connectivity index (χ3n) is 4.74. The second-order valence-corrected chi connectivity index (χ2v) is 8.43. The van der Waals surface area contributed by atoms with E-state index in [9.17, 15) is 9.59 Å². The molecule has 2 heterocycles. The van der Waals surface area contributed by atoms with E-state index in [1.165, 1.54) is 10.4 Å². The van der Waals surface area contributed by atoms with Crippen molar-refractivity contribution in [2.24, 2.45) is 0 Å². The zero-order chi connectivity index (χ0) is 18.5. The van der Waals surface area contributed by atoms with Crippen LogP contribution in [0.1, 0.15) is 48.2 Å². The van der Waals surface area contributed by atoms with Gasteiger partial charge in [0.2, 0.25) is 11.8 Å². The van der Waals surface area contributed by atoms with Crippen molar-refractivity contribution in [3.63, 3.8) is 0 Å². The molecule has 1 aliphatic rings. The molecule has 26 heavy (non-hydrogen) atoms. The number of amides is 2. The van der Waals surface area contributed by atoms with Crippen LogP contribution < -0.4 is 5.32 Å². The maximum Gasteiger partial charge on any atom is 0.223 e. The van der Waals surface area contributed by atoms with Gasteiger partial charge in [0.05, 0.1) is 6.04 Å². The molecule has 0 saturated carbocycles. The topological polar surface area (TPSA) is 49.4 Å². The predicted molar refractivity (Wildman–Crippen MR) is 108 cm³/mol. The van der Waals surface area contributed by atoms with E-state index in [-0.39, 0.29) is 30.7 Å². The number of benzene rings is 1. The number of hydrogen-bond donors (Lipinski definition) is 1. The molecular formula is C20H23BrN2O2S. The lowest BCUT2D eigenvalue weighted by molar-refractivity contribution is -0.134. The molecule has 1 N–H and O–H groups in total. The molecule has 4 nitrogen and oxygen atoms in total. The van der Waals surface area contributed by atoms with Crippen LogP contribution in [0.3, 0.4) is 0 Å². The molecule has 1 unspecified atom stereocenters. The zero-order valence-corrected chi connectivity index (χ0v) is 17.2. The summed E-state index contributed by atoms with van der Waals surface area (Å²) in [4.78, 5) is 28.0. The lowest BCUT2D eigenvalue weighted by atomic mass is 10.0. The number of carbonyl (C=O) groups excluding carboxylic acids is 2. The number of hydrogen-bond acceptors (Lipinski definition) is 3. The average molecular weight is 435 g/mol. The van der Waals surface area contributed by atoms with Crippen LogP contribution in [0.25, 0.3) is 0 Å². The fourth-order valence-electron chi connectivity index (χ4n) is 3.22. The van der Waals surface area contributed by atoms with Crippen LogP contribution in [0.5, 0.6) is 0 Å². The fourth-order valence-corrected chi connectivity index (χ4v) is 4.38. The van der Waals surface area contributed by atoms with E-state index in [4.69, 9.17) is 0 Å². The van der Waals surface area contributed by atoms with E-state index < -0.39 is 0 Å². The number of fused-ring (bicyclic) bond motifs is 1.